The lowest BCUT2D eigenvalue weighted by molar-refractivity contribution is 0.300. The zero-order chi connectivity index (χ0) is 15.3. The molecule has 114 valence electrons. The Morgan fingerprint density at radius 1 is 1.05 bits per heavy atom. The predicted molar refractivity (Wildman–Crippen MR) is 94.2 cm³/mol. The second-order valence-electron chi connectivity index (χ2n) is 7.02. The molecule has 0 aromatic carbocycles. The van der Waals surface area contributed by atoms with Crippen molar-refractivity contribution in [2.45, 2.75) is 59.8 Å². The number of rotatable bonds is 3. The molecule has 0 saturated heterocycles. The Balaban J connectivity index is 2.46. The summed E-state index contributed by atoms with van der Waals surface area (Å²) >= 11 is 0. The highest BCUT2D eigenvalue weighted by atomic mass is 14.4. The van der Waals surface area contributed by atoms with Crippen molar-refractivity contribution in [2.24, 2.45) is 10.8 Å². The standard InChI is InChI=1S/C21H30/c1-5-11-18(6-2)21(15-8-7-9-16-21)19-12-10-14-20(3,4)17-13-19/h5-6,10-14,17H,7-9,15-16H2,1-4H3/b11-5-,18-6+. The minimum atomic E-state index is 0.158. The summed E-state index contributed by atoms with van der Waals surface area (Å²) in [5, 5.41) is 0. The van der Waals surface area contributed by atoms with Gasteiger partial charge in [-0.1, -0.05) is 81.7 Å². The van der Waals surface area contributed by atoms with Gasteiger partial charge in [0.15, 0.2) is 0 Å². The predicted octanol–water partition coefficient (Wildman–Crippen LogP) is 6.54. The maximum atomic E-state index is 2.39. The zero-order valence-electron chi connectivity index (χ0n) is 14.2. The second kappa shape index (κ2) is 6.64. The van der Waals surface area contributed by atoms with Gasteiger partial charge < -0.3 is 0 Å². The zero-order valence-corrected chi connectivity index (χ0v) is 14.2. The molecular weight excluding hydrogens is 252 g/mol. The van der Waals surface area contributed by atoms with Crippen LogP contribution in [0.25, 0.3) is 0 Å². The number of hydrogen-bond acceptors (Lipinski definition) is 0. The third kappa shape index (κ3) is 3.48. The lowest BCUT2D eigenvalue weighted by Gasteiger charge is -2.40. The van der Waals surface area contributed by atoms with Crippen LogP contribution in [-0.4, -0.2) is 0 Å². The molecule has 1 fully saturated rings. The van der Waals surface area contributed by atoms with Gasteiger partial charge in [0, 0.05) is 10.8 Å². The lowest BCUT2D eigenvalue weighted by Crippen LogP contribution is -2.28. The highest BCUT2D eigenvalue weighted by Crippen LogP contribution is 2.50. The Kier molecular flexibility index (Phi) is 5.08. The molecule has 2 rings (SSSR count). The van der Waals surface area contributed by atoms with E-state index < -0.39 is 0 Å². The average Bonchev–Trinajstić information content (AvgIpc) is 2.66. The molecule has 0 N–H and O–H groups in total. The van der Waals surface area contributed by atoms with E-state index >= 15 is 0 Å². The fraction of sp³-hybridized carbons (Fsp3) is 0.524. The van der Waals surface area contributed by atoms with Gasteiger partial charge in [-0.3, -0.25) is 0 Å². The van der Waals surface area contributed by atoms with Crippen LogP contribution in [0, 0.1) is 10.8 Å². The molecule has 0 heteroatoms. The molecule has 0 amide bonds. The van der Waals surface area contributed by atoms with E-state index in [1.54, 1.807) is 0 Å². The lowest BCUT2D eigenvalue weighted by atomic mass is 9.64. The molecule has 2 aliphatic carbocycles. The topological polar surface area (TPSA) is 0 Å². The van der Waals surface area contributed by atoms with Crippen molar-refractivity contribution in [1.82, 2.24) is 0 Å². The summed E-state index contributed by atoms with van der Waals surface area (Å²) in [6, 6.07) is 0. The molecular formula is C21H30. The highest BCUT2D eigenvalue weighted by molar-refractivity contribution is 5.45. The van der Waals surface area contributed by atoms with Gasteiger partial charge >= 0.3 is 0 Å². The number of allylic oxidation sites excluding steroid dienone is 10. The summed E-state index contributed by atoms with van der Waals surface area (Å²) < 4.78 is 0. The summed E-state index contributed by atoms with van der Waals surface area (Å²) in [7, 11) is 0. The molecule has 0 heterocycles. The van der Waals surface area contributed by atoms with Crippen molar-refractivity contribution in [3.63, 3.8) is 0 Å². The Morgan fingerprint density at radius 3 is 2.38 bits per heavy atom. The van der Waals surface area contributed by atoms with E-state index in [2.05, 4.69) is 76.3 Å². The van der Waals surface area contributed by atoms with Crippen LogP contribution in [0.2, 0.25) is 0 Å². The summed E-state index contributed by atoms with van der Waals surface area (Å²) in [6.45, 7) is 8.85. The Hall–Kier alpha value is -1.30. The van der Waals surface area contributed by atoms with E-state index in [9.17, 15) is 0 Å². The van der Waals surface area contributed by atoms with Gasteiger partial charge in [-0.2, -0.15) is 0 Å². The van der Waals surface area contributed by atoms with Crippen molar-refractivity contribution in [1.29, 1.82) is 0 Å². The molecule has 0 radical (unpaired) electrons. The summed E-state index contributed by atoms with van der Waals surface area (Å²) in [6.07, 6.45) is 25.1. The first-order valence-corrected chi connectivity index (χ1v) is 8.43. The van der Waals surface area contributed by atoms with Crippen molar-refractivity contribution in [2.75, 3.05) is 0 Å². The van der Waals surface area contributed by atoms with Crippen LogP contribution in [0.4, 0.5) is 0 Å². The van der Waals surface area contributed by atoms with Crippen LogP contribution in [0.1, 0.15) is 59.8 Å². The number of hydrogen-bond donors (Lipinski definition) is 0. The normalized spacial score (nSPS) is 25.0. The van der Waals surface area contributed by atoms with Gasteiger partial charge in [-0.25, -0.2) is 0 Å². The van der Waals surface area contributed by atoms with E-state index in [0.29, 0.717) is 0 Å². The minimum absolute atomic E-state index is 0.158. The highest BCUT2D eigenvalue weighted by Gasteiger charge is 2.37. The molecule has 0 bridgehead atoms. The van der Waals surface area contributed by atoms with Crippen molar-refractivity contribution in [3.8, 4) is 0 Å². The van der Waals surface area contributed by atoms with Crippen molar-refractivity contribution < 1.29 is 0 Å². The summed E-state index contributed by atoms with van der Waals surface area (Å²) in [4.78, 5) is 0. The van der Waals surface area contributed by atoms with Crippen LogP contribution in [0.15, 0.2) is 59.8 Å². The van der Waals surface area contributed by atoms with Gasteiger partial charge in [0.1, 0.15) is 0 Å². The van der Waals surface area contributed by atoms with Crippen LogP contribution in [-0.2, 0) is 0 Å². The molecule has 0 aromatic rings. The maximum Gasteiger partial charge on any atom is 0.0199 e. The van der Waals surface area contributed by atoms with Gasteiger partial charge in [-0.05, 0) is 37.8 Å². The molecule has 0 unspecified atom stereocenters. The Morgan fingerprint density at radius 2 is 1.76 bits per heavy atom. The van der Waals surface area contributed by atoms with Gasteiger partial charge in [0.2, 0.25) is 0 Å². The average molecular weight is 282 g/mol. The van der Waals surface area contributed by atoms with E-state index in [1.165, 1.54) is 43.3 Å². The first kappa shape index (κ1) is 16.1. The fourth-order valence-corrected chi connectivity index (χ4v) is 3.75. The van der Waals surface area contributed by atoms with E-state index in [-0.39, 0.29) is 10.8 Å². The minimum Gasteiger partial charge on any atom is -0.0874 e. The molecule has 0 spiro atoms. The van der Waals surface area contributed by atoms with E-state index in [1.807, 2.05) is 0 Å². The van der Waals surface area contributed by atoms with Crippen LogP contribution < -0.4 is 0 Å². The molecule has 21 heavy (non-hydrogen) atoms. The molecule has 1 saturated carbocycles. The van der Waals surface area contributed by atoms with E-state index in [4.69, 9.17) is 0 Å². The van der Waals surface area contributed by atoms with Crippen molar-refractivity contribution in [3.05, 3.63) is 59.8 Å². The second-order valence-corrected chi connectivity index (χ2v) is 7.02. The third-order valence-electron chi connectivity index (χ3n) is 4.96. The largest absolute Gasteiger partial charge is 0.0874 e. The van der Waals surface area contributed by atoms with E-state index in [0.717, 1.165) is 0 Å². The smallest absolute Gasteiger partial charge is 0.0199 e. The molecule has 0 nitrogen and oxygen atoms in total. The molecule has 0 aliphatic heterocycles. The summed E-state index contributed by atoms with van der Waals surface area (Å²) in [5.41, 5.74) is 3.37. The molecule has 0 atom stereocenters. The Bertz CT molecular complexity index is 500. The third-order valence-corrected chi connectivity index (χ3v) is 4.96. The molecule has 0 aromatic heterocycles. The molecule has 2 aliphatic rings. The van der Waals surface area contributed by atoms with Crippen LogP contribution in [0.3, 0.4) is 0 Å². The van der Waals surface area contributed by atoms with Gasteiger partial charge in [0.25, 0.3) is 0 Å². The van der Waals surface area contributed by atoms with Crippen LogP contribution in [0.5, 0.6) is 0 Å². The fourth-order valence-electron chi connectivity index (χ4n) is 3.75. The summed E-state index contributed by atoms with van der Waals surface area (Å²) in [5.74, 6) is 0. The van der Waals surface area contributed by atoms with Gasteiger partial charge in [-0.15, -0.1) is 0 Å². The maximum absolute atomic E-state index is 2.39. The Labute approximate surface area is 131 Å². The van der Waals surface area contributed by atoms with Crippen LogP contribution >= 0.6 is 0 Å². The first-order valence-electron chi connectivity index (χ1n) is 8.43. The SMILES string of the molecule is C/C=C\C(=C/C)C1(C2=CC=CC(C)(C)C=C2)CCCCC1. The first-order chi connectivity index (χ1) is 10.0. The van der Waals surface area contributed by atoms with Crippen molar-refractivity contribution >= 4 is 0 Å². The van der Waals surface area contributed by atoms with Gasteiger partial charge in [0.05, 0.1) is 0 Å². The monoisotopic (exact) mass is 282 g/mol. The quantitative estimate of drug-likeness (QED) is 0.516.